The molecule has 36 heavy (non-hydrogen) atoms. The molecule has 1 heterocycles. The van der Waals surface area contributed by atoms with Gasteiger partial charge in [-0.15, -0.1) is 0 Å². The molecule has 4 heteroatoms. The van der Waals surface area contributed by atoms with E-state index >= 15 is 0 Å². The molecule has 1 aromatic carbocycles. The maximum Gasteiger partial charge on any atom is 0.311 e. The number of rotatable bonds is 20. The average molecular weight is 495 g/mol. The molecule has 1 atom stereocenters. The molecule has 0 aliphatic heterocycles. The van der Waals surface area contributed by atoms with Gasteiger partial charge < -0.3 is 4.74 Å². The van der Waals surface area contributed by atoms with Gasteiger partial charge in [0.15, 0.2) is 11.6 Å². The number of hydrogen-bond donors (Lipinski definition) is 0. The summed E-state index contributed by atoms with van der Waals surface area (Å²) in [4.78, 5) is 20.9. The van der Waals surface area contributed by atoms with Crippen molar-refractivity contribution in [2.24, 2.45) is 5.92 Å². The minimum atomic E-state index is -0.203. The number of hydrogen-bond acceptors (Lipinski definition) is 4. The summed E-state index contributed by atoms with van der Waals surface area (Å²) in [5, 5.41) is 0. The highest BCUT2D eigenvalue weighted by Gasteiger charge is 2.08. The maximum absolute atomic E-state index is 12.1. The predicted molar refractivity (Wildman–Crippen MR) is 151 cm³/mol. The number of benzene rings is 1. The highest BCUT2D eigenvalue weighted by molar-refractivity contribution is 5.72. The zero-order chi connectivity index (χ0) is 25.8. The topological polar surface area (TPSA) is 52.1 Å². The lowest BCUT2D eigenvalue weighted by Gasteiger charge is -2.08. The number of esters is 1. The number of aryl methyl sites for hydroxylation is 1. The van der Waals surface area contributed by atoms with Gasteiger partial charge in [-0.2, -0.15) is 0 Å². The molecule has 1 aromatic heterocycles. The van der Waals surface area contributed by atoms with E-state index in [1.165, 1.54) is 89.0 Å². The molecule has 4 nitrogen and oxygen atoms in total. The van der Waals surface area contributed by atoms with Crippen LogP contribution in [0.4, 0.5) is 0 Å². The first kappa shape index (κ1) is 30.0. The molecule has 0 amide bonds. The van der Waals surface area contributed by atoms with Gasteiger partial charge in [0.25, 0.3) is 0 Å². The van der Waals surface area contributed by atoms with E-state index in [4.69, 9.17) is 4.74 Å². The Morgan fingerprint density at radius 3 is 1.97 bits per heavy atom. The van der Waals surface area contributed by atoms with E-state index in [0.717, 1.165) is 30.7 Å². The third-order valence-corrected chi connectivity index (χ3v) is 7.17. The van der Waals surface area contributed by atoms with E-state index < -0.39 is 0 Å². The Labute approximate surface area is 220 Å². The second kappa shape index (κ2) is 19.0. The van der Waals surface area contributed by atoms with Crippen LogP contribution in [0.25, 0.3) is 11.4 Å². The molecule has 0 N–H and O–H groups in total. The van der Waals surface area contributed by atoms with Crippen molar-refractivity contribution in [3.8, 4) is 17.1 Å². The van der Waals surface area contributed by atoms with Crippen LogP contribution in [0.1, 0.15) is 129 Å². The quantitative estimate of drug-likeness (QED) is 0.136. The molecular weight excluding hydrogens is 444 g/mol. The van der Waals surface area contributed by atoms with E-state index in [1.54, 1.807) is 12.4 Å². The van der Waals surface area contributed by atoms with E-state index in [-0.39, 0.29) is 5.97 Å². The summed E-state index contributed by atoms with van der Waals surface area (Å²) in [6.45, 7) is 6.78. The Hall–Kier alpha value is -2.23. The fourth-order valence-electron chi connectivity index (χ4n) is 4.48. The lowest BCUT2D eigenvalue weighted by Crippen LogP contribution is -2.08. The van der Waals surface area contributed by atoms with Crippen molar-refractivity contribution in [3.05, 3.63) is 42.2 Å². The van der Waals surface area contributed by atoms with Gasteiger partial charge in [0.1, 0.15) is 0 Å². The van der Waals surface area contributed by atoms with E-state index in [9.17, 15) is 4.79 Å². The van der Waals surface area contributed by atoms with Crippen molar-refractivity contribution in [1.82, 2.24) is 9.97 Å². The van der Waals surface area contributed by atoms with Crippen LogP contribution in [0.15, 0.2) is 36.7 Å². The van der Waals surface area contributed by atoms with Gasteiger partial charge in [-0.05, 0) is 30.7 Å². The first-order valence-corrected chi connectivity index (χ1v) is 14.7. The number of carbonyl (C=O) groups excluding carboxylic acids is 1. The van der Waals surface area contributed by atoms with Crippen molar-refractivity contribution in [1.29, 1.82) is 0 Å². The molecule has 0 saturated heterocycles. The molecule has 0 spiro atoms. The van der Waals surface area contributed by atoms with Gasteiger partial charge in [0.05, 0.1) is 12.4 Å². The van der Waals surface area contributed by atoms with Crippen LogP contribution >= 0.6 is 0 Å². The number of aromatic nitrogens is 2. The maximum atomic E-state index is 12.1. The lowest BCUT2D eigenvalue weighted by molar-refractivity contribution is -0.134. The van der Waals surface area contributed by atoms with Crippen LogP contribution in [0.5, 0.6) is 5.75 Å². The first-order valence-electron chi connectivity index (χ1n) is 14.7. The number of ether oxygens (including phenoxy) is 1. The molecule has 0 radical (unpaired) electrons. The first-order chi connectivity index (χ1) is 17.6. The van der Waals surface area contributed by atoms with E-state index in [0.29, 0.717) is 18.0 Å². The van der Waals surface area contributed by atoms with Gasteiger partial charge in [0, 0.05) is 12.0 Å². The fourth-order valence-corrected chi connectivity index (χ4v) is 4.48. The monoisotopic (exact) mass is 494 g/mol. The molecule has 0 aliphatic rings. The van der Waals surface area contributed by atoms with Gasteiger partial charge in [-0.25, -0.2) is 9.97 Å². The number of unbranched alkanes of at least 4 members (excludes halogenated alkanes) is 11. The summed E-state index contributed by atoms with van der Waals surface area (Å²) in [5.74, 6) is 1.64. The van der Waals surface area contributed by atoms with Crippen LogP contribution in [0.3, 0.4) is 0 Å². The van der Waals surface area contributed by atoms with Gasteiger partial charge >= 0.3 is 5.97 Å². The van der Waals surface area contributed by atoms with Crippen LogP contribution in [-0.4, -0.2) is 15.9 Å². The Balaban J connectivity index is 1.62. The Morgan fingerprint density at radius 1 is 0.778 bits per heavy atom. The second-order valence-corrected chi connectivity index (χ2v) is 10.5. The van der Waals surface area contributed by atoms with Gasteiger partial charge in [-0.3, -0.25) is 4.79 Å². The third kappa shape index (κ3) is 13.2. The number of carbonyl (C=O) groups is 1. The minimum absolute atomic E-state index is 0.203. The fraction of sp³-hybridized carbons (Fsp3) is 0.656. The van der Waals surface area contributed by atoms with Gasteiger partial charge in [0.2, 0.25) is 0 Å². The Bertz CT molecular complexity index is 817. The van der Waals surface area contributed by atoms with Crippen molar-refractivity contribution in [2.75, 3.05) is 0 Å². The molecule has 0 bridgehead atoms. The molecular formula is C32H50N2O2. The summed E-state index contributed by atoms with van der Waals surface area (Å²) < 4.78 is 5.41. The molecule has 2 aromatic rings. The summed E-state index contributed by atoms with van der Waals surface area (Å²) in [7, 11) is 0. The molecule has 1 unspecified atom stereocenters. The molecule has 0 aliphatic carbocycles. The molecule has 0 saturated carbocycles. The summed E-state index contributed by atoms with van der Waals surface area (Å²) in [5.41, 5.74) is 2.36. The van der Waals surface area contributed by atoms with Crippen LogP contribution in [0, 0.1) is 5.92 Å². The van der Waals surface area contributed by atoms with Crippen molar-refractivity contribution in [2.45, 2.75) is 130 Å². The summed E-state index contributed by atoms with van der Waals surface area (Å²) in [6.07, 6.45) is 24.0. The highest BCUT2D eigenvalue weighted by Crippen LogP contribution is 2.20. The molecule has 0 fully saturated rings. The van der Waals surface area contributed by atoms with Crippen molar-refractivity contribution in [3.63, 3.8) is 0 Å². The number of nitrogens with zero attached hydrogens (tertiary/aromatic N) is 2. The van der Waals surface area contributed by atoms with Crippen molar-refractivity contribution >= 4 is 5.97 Å². The van der Waals surface area contributed by atoms with Crippen LogP contribution < -0.4 is 4.74 Å². The van der Waals surface area contributed by atoms with E-state index in [2.05, 4.69) is 55.0 Å². The summed E-state index contributed by atoms with van der Waals surface area (Å²) >= 11 is 0. The van der Waals surface area contributed by atoms with Crippen LogP contribution in [-0.2, 0) is 11.2 Å². The minimum Gasteiger partial charge on any atom is -0.423 e. The standard InChI is InChI=1S/C32H50N2O2/c1-4-6-7-8-9-10-11-12-13-16-19-28-21-23-29(24-22-28)32-33-25-30(26-34-32)36-31(35)20-17-14-15-18-27(3)5-2/h21-27H,4-20H2,1-3H3. The smallest absolute Gasteiger partial charge is 0.311 e. The second-order valence-electron chi connectivity index (χ2n) is 10.5. The highest BCUT2D eigenvalue weighted by atomic mass is 16.5. The lowest BCUT2D eigenvalue weighted by atomic mass is 10.0. The zero-order valence-corrected chi connectivity index (χ0v) is 23.3. The Morgan fingerprint density at radius 2 is 1.36 bits per heavy atom. The van der Waals surface area contributed by atoms with Crippen molar-refractivity contribution < 1.29 is 9.53 Å². The predicted octanol–water partition coefficient (Wildman–Crippen LogP) is 9.51. The molecule has 200 valence electrons. The zero-order valence-electron chi connectivity index (χ0n) is 23.3. The Kier molecular flexibility index (Phi) is 15.8. The van der Waals surface area contributed by atoms with Crippen LogP contribution in [0.2, 0.25) is 0 Å². The van der Waals surface area contributed by atoms with Gasteiger partial charge in [-0.1, -0.05) is 129 Å². The normalized spacial score (nSPS) is 12.0. The largest absolute Gasteiger partial charge is 0.423 e. The summed E-state index contributed by atoms with van der Waals surface area (Å²) in [6, 6.07) is 8.54. The third-order valence-electron chi connectivity index (χ3n) is 7.17. The SMILES string of the molecule is CCCCCCCCCCCCc1ccc(-c2ncc(OC(=O)CCCCCC(C)CC)cn2)cc1. The molecule has 2 rings (SSSR count). The van der Waals surface area contributed by atoms with E-state index in [1.807, 2.05) is 0 Å². The average Bonchev–Trinajstić information content (AvgIpc) is 2.90.